The lowest BCUT2D eigenvalue weighted by atomic mass is 9.98. The summed E-state index contributed by atoms with van der Waals surface area (Å²) in [5.74, 6) is -0.138. The first-order chi connectivity index (χ1) is 14.0. The zero-order valence-electron chi connectivity index (χ0n) is 16.0. The molecule has 148 valence electrons. The Bertz CT molecular complexity index is 981. The van der Waals surface area contributed by atoms with Crippen LogP contribution in [0.5, 0.6) is 0 Å². The molecule has 4 rings (SSSR count). The van der Waals surface area contributed by atoms with Crippen molar-refractivity contribution in [2.45, 2.75) is 32.3 Å². The molecule has 2 amide bonds. The highest BCUT2D eigenvalue weighted by molar-refractivity contribution is 7.06. The molecule has 1 aliphatic carbocycles. The summed E-state index contributed by atoms with van der Waals surface area (Å²) in [7, 11) is 0. The second kappa shape index (κ2) is 8.10. The minimum atomic E-state index is -0.440. The zero-order valence-corrected chi connectivity index (χ0v) is 16.8. The number of cyclic esters (lactones) is 1. The van der Waals surface area contributed by atoms with Gasteiger partial charge in [0.05, 0.1) is 13.1 Å². The Morgan fingerprint density at radius 2 is 2.24 bits per heavy atom. The number of Topliss-reactive ketones (excluding diaryl/α,β-unsaturated/α-hetero) is 1. The minimum absolute atomic E-state index is 0.0242. The van der Waals surface area contributed by atoms with Gasteiger partial charge in [-0.25, -0.2) is 4.79 Å². The summed E-state index contributed by atoms with van der Waals surface area (Å²) < 4.78 is 5.34. The van der Waals surface area contributed by atoms with Crippen molar-refractivity contribution < 1.29 is 19.1 Å². The maximum Gasteiger partial charge on any atom is 0.414 e. The Labute approximate surface area is 173 Å². The molecule has 0 saturated carbocycles. The van der Waals surface area contributed by atoms with Gasteiger partial charge in [-0.3, -0.25) is 14.5 Å². The Morgan fingerprint density at radius 1 is 1.38 bits per heavy atom. The molecule has 1 aromatic heterocycles. The van der Waals surface area contributed by atoms with Gasteiger partial charge >= 0.3 is 6.09 Å². The maximum atomic E-state index is 13.0. The summed E-state index contributed by atoms with van der Waals surface area (Å²) in [5.41, 5.74) is 3.98. The van der Waals surface area contributed by atoms with Crippen molar-refractivity contribution >= 4 is 40.9 Å². The maximum absolute atomic E-state index is 13.0. The number of amides is 2. The fraction of sp³-hybridized carbons (Fsp3) is 0.318. The molecule has 1 fully saturated rings. The van der Waals surface area contributed by atoms with E-state index in [9.17, 15) is 14.4 Å². The molecular weight excluding hydrogens is 388 g/mol. The molecule has 0 radical (unpaired) electrons. The molecule has 6 nitrogen and oxygen atoms in total. The molecule has 1 N–H and O–H groups in total. The van der Waals surface area contributed by atoms with Crippen LogP contribution < -0.4 is 10.2 Å². The van der Waals surface area contributed by atoms with Crippen molar-refractivity contribution in [1.82, 2.24) is 5.32 Å². The number of nitrogens with zero attached hydrogens (tertiary/aromatic N) is 1. The van der Waals surface area contributed by atoms with Crippen LogP contribution in [0.2, 0.25) is 0 Å². The smallest absolute Gasteiger partial charge is 0.414 e. The van der Waals surface area contributed by atoms with E-state index in [4.69, 9.17) is 4.74 Å². The van der Waals surface area contributed by atoms with Crippen LogP contribution in [0.1, 0.15) is 41.3 Å². The zero-order chi connectivity index (χ0) is 20.4. The second-order valence-corrected chi connectivity index (χ2v) is 7.84. The number of aryl methyl sites for hydroxylation is 1. The highest BCUT2D eigenvalue weighted by Gasteiger charge is 2.33. The van der Waals surface area contributed by atoms with Gasteiger partial charge in [0, 0.05) is 34.7 Å². The van der Waals surface area contributed by atoms with Crippen molar-refractivity contribution in [2.24, 2.45) is 0 Å². The number of carbonyl (C=O) groups is 3. The van der Waals surface area contributed by atoms with Crippen LogP contribution in [0.25, 0.3) is 6.08 Å². The van der Waals surface area contributed by atoms with Gasteiger partial charge in [-0.2, -0.15) is 0 Å². The summed E-state index contributed by atoms with van der Waals surface area (Å²) in [4.78, 5) is 37.9. The molecule has 29 heavy (non-hydrogen) atoms. The third kappa shape index (κ3) is 4.17. The van der Waals surface area contributed by atoms with E-state index in [-0.39, 0.29) is 24.3 Å². The largest absolute Gasteiger partial charge is 0.442 e. The van der Waals surface area contributed by atoms with Crippen LogP contribution >= 0.6 is 11.3 Å². The fourth-order valence-corrected chi connectivity index (χ4v) is 4.12. The van der Waals surface area contributed by atoms with E-state index >= 15 is 0 Å². The first kappa shape index (κ1) is 19.2. The van der Waals surface area contributed by atoms with Gasteiger partial charge in [0.15, 0.2) is 5.78 Å². The number of hydrogen-bond donors (Lipinski definition) is 1. The van der Waals surface area contributed by atoms with Crippen LogP contribution in [-0.4, -0.2) is 37.0 Å². The molecule has 2 aromatic rings. The molecule has 2 aliphatic rings. The third-order valence-electron chi connectivity index (χ3n) is 5.05. The molecule has 1 atom stereocenters. The number of rotatable bonds is 4. The fourth-order valence-electron chi connectivity index (χ4n) is 3.63. The van der Waals surface area contributed by atoms with Crippen molar-refractivity contribution in [1.29, 1.82) is 0 Å². The van der Waals surface area contributed by atoms with Crippen molar-refractivity contribution in [3.8, 4) is 0 Å². The summed E-state index contributed by atoms with van der Waals surface area (Å²) in [5, 5.41) is 7.51. The predicted molar refractivity (Wildman–Crippen MR) is 110 cm³/mol. The van der Waals surface area contributed by atoms with Gasteiger partial charge < -0.3 is 10.1 Å². The van der Waals surface area contributed by atoms with Crippen molar-refractivity contribution in [3.63, 3.8) is 0 Å². The number of fused-ring (bicyclic) bond motifs is 1. The number of ketones is 1. The number of anilines is 1. The molecule has 0 unspecified atom stereocenters. The van der Waals surface area contributed by atoms with Gasteiger partial charge in [-0.1, -0.05) is 17.4 Å². The predicted octanol–water partition coefficient (Wildman–Crippen LogP) is 3.41. The van der Waals surface area contributed by atoms with E-state index in [1.807, 2.05) is 17.5 Å². The molecule has 2 heterocycles. The van der Waals surface area contributed by atoms with Crippen LogP contribution in [0.3, 0.4) is 0 Å². The van der Waals surface area contributed by atoms with Gasteiger partial charge in [0.2, 0.25) is 5.91 Å². The summed E-state index contributed by atoms with van der Waals surface area (Å²) in [6.07, 6.45) is 3.39. The van der Waals surface area contributed by atoms with Crippen LogP contribution in [0.4, 0.5) is 10.5 Å². The van der Waals surface area contributed by atoms with Gasteiger partial charge in [-0.15, -0.1) is 0 Å². The average molecular weight is 408 g/mol. The number of ether oxygens (including phenoxy) is 1. The van der Waals surface area contributed by atoms with Crippen LogP contribution in [0, 0.1) is 11.4 Å². The van der Waals surface area contributed by atoms with Crippen LogP contribution in [-0.2, 0) is 16.0 Å². The summed E-state index contributed by atoms with van der Waals surface area (Å²) >= 11 is 1.43. The van der Waals surface area contributed by atoms with Crippen molar-refractivity contribution in [2.75, 3.05) is 18.0 Å². The number of hydrogen-bond acceptors (Lipinski definition) is 5. The molecule has 0 bridgehead atoms. The highest BCUT2D eigenvalue weighted by Crippen LogP contribution is 2.30. The molecule has 1 aliphatic heterocycles. The third-order valence-corrected chi connectivity index (χ3v) is 5.64. The Hall–Kier alpha value is -3.11. The normalized spacial score (nSPS) is 20.1. The number of nitrogens with one attached hydrogen (secondary N) is 1. The average Bonchev–Trinajstić information content (AvgIpc) is 3.31. The number of benzene rings is 1. The van der Waals surface area contributed by atoms with E-state index in [0.717, 1.165) is 29.5 Å². The van der Waals surface area contributed by atoms with E-state index in [0.29, 0.717) is 24.2 Å². The Balaban J connectivity index is 1.55. The minimum Gasteiger partial charge on any atom is -0.442 e. The summed E-state index contributed by atoms with van der Waals surface area (Å²) in [6, 6.07) is 8.49. The monoisotopic (exact) mass is 408 g/mol. The first-order valence-electron chi connectivity index (χ1n) is 9.49. The van der Waals surface area contributed by atoms with E-state index < -0.39 is 6.09 Å². The highest BCUT2D eigenvalue weighted by atomic mass is 32.1. The SMILES string of the molecule is CC(=O)NC[C@H]1CN(c2ccc3c(c2)CCC/C(=C\c2c#csc2)C3=O)C(=O)O1. The van der Waals surface area contributed by atoms with E-state index in [1.54, 1.807) is 17.0 Å². The molecular formula is C22H20N2O4S. The first-order valence-corrected chi connectivity index (χ1v) is 10.4. The molecule has 0 spiro atoms. The van der Waals surface area contributed by atoms with E-state index in [1.165, 1.54) is 18.3 Å². The second-order valence-electron chi connectivity index (χ2n) is 7.17. The standard InChI is InChI=1S/C22H20N2O4S/c1-14(25)23-11-19-12-24(22(27)28-19)18-5-6-20-16(10-18)3-2-4-17(21(20)26)9-15-7-8-29-13-15/h5-6,9-10,13,19H,2-4,11-12H2,1H3,(H,23,25)/b17-9+/t19-/m0/s1. The lowest BCUT2D eigenvalue weighted by molar-refractivity contribution is -0.119. The Morgan fingerprint density at radius 3 is 3.00 bits per heavy atom. The lowest BCUT2D eigenvalue weighted by Gasteiger charge is -2.15. The van der Waals surface area contributed by atoms with E-state index in [2.05, 4.69) is 16.8 Å². The van der Waals surface area contributed by atoms with Gasteiger partial charge in [0.1, 0.15) is 6.10 Å². The lowest BCUT2D eigenvalue weighted by Crippen LogP contribution is -2.33. The molecule has 7 heteroatoms. The van der Waals surface area contributed by atoms with Gasteiger partial charge in [-0.05, 0) is 54.5 Å². The topological polar surface area (TPSA) is 75.7 Å². The quantitative estimate of drug-likeness (QED) is 0.621. The van der Waals surface area contributed by atoms with Crippen LogP contribution in [0.15, 0.2) is 29.2 Å². The van der Waals surface area contributed by atoms with Crippen molar-refractivity contribution in [3.05, 3.63) is 57.3 Å². The van der Waals surface area contributed by atoms with Gasteiger partial charge in [0.25, 0.3) is 0 Å². The number of carbonyl (C=O) groups excluding carboxylic acids is 3. The number of allylic oxidation sites excluding steroid dienone is 1. The molecule has 1 saturated heterocycles. The summed E-state index contributed by atoms with van der Waals surface area (Å²) in [6.45, 7) is 2.07. The molecule has 1 aromatic carbocycles. The Kier molecular flexibility index (Phi) is 5.36.